The van der Waals surface area contributed by atoms with Gasteiger partial charge in [-0.25, -0.2) is 0 Å². The Hall–Kier alpha value is -2.25. The molecule has 0 bridgehead atoms. The summed E-state index contributed by atoms with van der Waals surface area (Å²) in [6.07, 6.45) is 1.32. The number of Topliss-reactive ketones (excluding diaryl/α,β-unsaturated/α-hetero) is 1. The van der Waals surface area contributed by atoms with Crippen LogP contribution in [0.4, 0.5) is 0 Å². The molecular weight excluding hydrogens is 278 g/mol. The summed E-state index contributed by atoms with van der Waals surface area (Å²) in [6.45, 7) is 1.88. The van der Waals surface area contributed by atoms with Gasteiger partial charge in [-0.05, 0) is 30.7 Å². The molecule has 0 saturated heterocycles. The number of carbonyl (C=O) groups is 1. The van der Waals surface area contributed by atoms with Crippen molar-refractivity contribution in [2.75, 3.05) is 7.11 Å². The number of halogens is 1. The first-order chi connectivity index (χ1) is 9.58. The maximum absolute atomic E-state index is 12.4. The van der Waals surface area contributed by atoms with Crippen molar-refractivity contribution in [2.24, 2.45) is 0 Å². The highest BCUT2D eigenvalue weighted by Gasteiger charge is 2.27. The molecular formula is C15H12ClNO3. The summed E-state index contributed by atoms with van der Waals surface area (Å²) in [5, 5.41) is 9.34. The molecule has 20 heavy (non-hydrogen) atoms. The smallest absolute Gasteiger partial charge is 0.203 e. The quantitative estimate of drug-likeness (QED) is 0.804. The van der Waals surface area contributed by atoms with E-state index in [1.54, 1.807) is 12.1 Å². The normalized spacial score (nSPS) is 11.7. The molecule has 0 aliphatic rings. The number of nitriles is 1. The van der Waals surface area contributed by atoms with Gasteiger partial charge < -0.3 is 9.15 Å². The summed E-state index contributed by atoms with van der Waals surface area (Å²) in [7, 11) is 1.50. The number of hydrogen-bond acceptors (Lipinski definition) is 4. The van der Waals surface area contributed by atoms with Crippen molar-refractivity contribution < 1.29 is 13.9 Å². The van der Waals surface area contributed by atoms with E-state index >= 15 is 0 Å². The molecule has 1 aromatic heterocycles. The van der Waals surface area contributed by atoms with Crippen LogP contribution in [0.3, 0.4) is 0 Å². The Balaban J connectivity index is 2.49. The van der Waals surface area contributed by atoms with Crippen molar-refractivity contribution in [2.45, 2.75) is 12.8 Å². The number of ketones is 1. The molecule has 2 aromatic rings. The highest BCUT2D eigenvalue weighted by atomic mass is 35.5. The van der Waals surface area contributed by atoms with Crippen LogP contribution in [-0.4, -0.2) is 12.9 Å². The van der Waals surface area contributed by atoms with Gasteiger partial charge in [-0.15, -0.1) is 0 Å². The van der Waals surface area contributed by atoms with E-state index in [0.29, 0.717) is 11.3 Å². The van der Waals surface area contributed by atoms with E-state index in [2.05, 4.69) is 0 Å². The maximum Gasteiger partial charge on any atom is 0.203 e. The van der Waals surface area contributed by atoms with Gasteiger partial charge in [0.25, 0.3) is 0 Å². The highest BCUT2D eigenvalue weighted by molar-refractivity contribution is 6.32. The summed E-state index contributed by atoms with van der Waals surface area (Å²) in [5.41, 5.74) is 1.66. The van der Waals surface area contributed by atoms with Crippen molar-refractivity contribution in [3.63, 3.8) is 0 Å². The average Bonchev–Trinajstić information content (AvgIpc) is 2.86. The van der Waals surface area contributed by atoms with Crippen LogP contribution in [0, 0.1) is 18.3 Å². The van der Waals surface area contributed by atoms with Gasteiger partial charge in [-0.2, -0.15) is 5.26 Å². The van der Waals surface area contributed by atoms with Crippen LogP contribution in [0.15, 0.2) is 34.9 Å². The minimum absolute atomic E-state index is 0.0122. The molecule has 2 rings (SSSR count). The number of ether oxygens (including phenoxy) is 1. The Kier molecular flexibility index (Phi) is 4.11. The molecule has 5 heteroatoms. The van der Waals surface area contributed by atoms with Crippen molar-refractivity contribution in [3.05, 3.63) is 52.4 Å². The Morgan fingerprint density at radius 3 is 2.75 bits per heavy atom. The number of benzene rings is 1. The number of furan rings is 1. The number of rotatable bonds is 4. The first kappa shape index (κ1) is 14.2. The van der Waals surface area contributed by atoms with Gasteiger partial charge in [0.05, 0.1) is 25.0 Å². The molecule has 4 nitrogen and oxygen atoms in total. The van der Waals surface area contributed by atoms with Gasteiger partial charge >= 0.3 is 0 Å². The summed E-state index contributed by atoms with van der Waals surface area (Å²) < 4.78 is 10.1. The average molecular weight is 290 g/mol. The van der Waals surface area contributed by atoms with Gasteiger partial charge in [-0.1, -0.05) is 17.7 Å². The predicted octanol–water partition coefficient (Wildman–Crippen LogP) is 3.74. The van der Waals surface area contributed by atoms with E-state index in [-0.39, 0.29) is 10.8 Å². The Bertz CT molecular complexity index is 685. The van der Waals surface area contributed by atoms with Gasteiger partial charge in [-0.3, -0.25) is 4.79 Å². The fourth-order valence-electron chi connectivity index (χ4n) is 1.97. The molecule has 102 valence electrons. The molecule has 0 aliphatic carbocycles. The second-order valence-corrected chi connectivity index (χ2v) is 4.62. The van der Waals surface area contributed by atoms with E-state index < -0.39 is 11.7 Å². The second kappa shape index (κ2) is 5.81. The summed E-state index contributed by atoms with van der Waals surface area (Å²) in [4.78, 5) is 12.4. The van der Waals surface area contributed by atoms with Gasteiger partial charge in [0.2, 0.25) is 5.22 Å². The number of carbonyl (C=O) groups excluding carboxylic acids is 1. The standard InChI is InChI=1S/C15H12ClNO3/c1-9-3-4-13(19-2)11(7-9)12(8-17)14(18)10-5-6-20-15(10)16/h3-7,12H,1-2H3. The Morgan fingerprint density at radius 2 is 2.20 bits per heavy atom. The Morgan fingerprint density at radius 1 is 1.45 bits per heavy atom. The second-order valence-electron chi connectivity index (χ2n) is 4.28. The van der Waals surface area contributed by atoms with E-state index in [1.807, 2.05) is 19.1 Å². The molecule has 1 atom stereocenters. The monoisotopic (exact) mass is 289 g/mol. The number of nitrogens with zero attached hydrogens (tertiary/aromatic N) is 1. The maximum atomic E-state index is 12.4. The SMILES string of the molecule is COc1ccc(C)cc1C(C#N)C(=O)c1ccoc1Cl. The van der Waals surface area contributed by atoms with Crippen LogP contribution in [0.2, 0.25) is 5.22 Å². The van der Waals surface area contributed by atoms with E-state index in [9.17, 15) is 10.1 Å². The fourth-order valence-corrected chi connectivity index (χ4v) is 2.18. The van der Waals surface area contributed by atoms with Crippen molar-refractivity contribution in [3.8, 4) is 11.8 Å². The summed E-state index contributed by atoms with van der Waals surface area (Å²) in [5.74, 6) is -0.898. The summed E-state index contributed by atoms with van der Waals surface area (Å²) >= 11 is 5.80. The minimum Gasteiger partial charge on any atom is -0.496 e. The predicted molar refractivity (Wildman–Crippen MR) is 74.1 cm³/mol. The molecule has 0 fully saturated rings. The number of hydrogen-bond donors (Lipinski definition) is 0. The van der Waals surface area contributed by atoms with Crippen LogP contribution in [0.25, 0.3) is 0 Å². The number of aryl methyl sites for hydroxylation is 1. The van der Waals surface area contributed by atoms with Crippen LogP contribution in [0.5, 0.6) is 5.75 Å². The van der Waals surface area contributed by atoms with Crippen LogP contribution in [-0.2, 0) is 0 Å². The first-order valence-corrected chi connectivity index (χ1v) is 6.27. The van der Waals surface area contributed by atoms with Crippen molar-refractivity contribution in [1.82, 2.24) is 0 Å². The van der Waals surface area contributed by atoms with Crippen LogP contribution < -0.4 is 4.74 Å². The molecule has 1 heterocycles. The third kappa shape index (κ3) is 2.54. The Labute approximate surface area is 121 Å². The lowest BCUT2D eigenvalue weighted by molar-refractivity contribution is 0.0977. The lowest BCUT2D eigenvalue weighted by Crippen LogP contribution is -2.12. The van der Waals surface area contributed by atoms with E-state index in [4.69, 9.17) is 20.8 Å². The highest BCUT2D eigenvalue weighted by Crippen LogP contribution is 2.32. The van der Waals surface area contributed by atoms with Gasteiger partial charge in [0.1, 0.15) is 11.7 Å². The molecule has 1 unspecified atom stereocenters. The zero-order valence-electron chi connectivity index (χ0n) is 11.0. The van der Waals surface area contributed by atoms with Crippen molar-refractivity contribution in [1.29, 1.82) is 5.26 Å². The molecule has 0 spiro atoms. The zero-order chi connectivity index (χ0) is 14.7. The fraction of sp³-hybridized carbons (Fsp3) is 0.200. The lowest BCUT2D eigenvalue weighted by atomic mass is 9.91. The molecule has 1 aromatic carbocycles. The molecule has 0 N–H and O–H groups in total. The lowest BCUT2D eigenvalue weighted by Gasteiger charge is -2.13. The summed E-state index contributed by atoms with van der Waals surface area (Å²) in [6, 6.07) is 8.81. The largest absolute Gasteiger partial charge is 0.496 e. The van der Waals surface area contributed by atoms with Crippen LogP contribution >= 0.6 is 11.6 Å². The van der Waals surface area contributed by atoms with Crippen molar-refractivity contribution >= 4 is 17.4 Å². The van der Waals surface area contributed by atoms with Crippen LogP contribution in [0.1, 0.15) is 27.4 Å². The van der Waals surface area contributed by atoms with E-state index in [1.165, 1.54) is 19.4 Å². The molecule has 0 aliphatic heterocycles. The molecule has 0 amide bonds. The third-order valence-electron chi connectivity index (χ3n) is 2.97. The zero-order valence-corrected chi connectivity index (χ0v) is 11.8. The molecule has 0 radical (unpaired) electrons. The minimum atomic E-state index is -0.986. The molecule has 0 saturated carbocycles. The number of methoxy groups -OCH3 is 1. The van der Waals surface area contributed by atoms with Gasteiger partial charge in [0, 0.05) is 5.56 Å². The third-order valence-corrected chi connectivity index (χ3v) is 3.26. The van der Waals surface area contributed by atoms with E-state index in [0.717, 1.165) is 5.56 Å². The first-order valence-electron chi connectivity index (χ1n) is 5.89. The topological polar surface area (TPSA) is 63.2 Å². The van der Waals surface area contributed by atoms with Gasteiger partial charge in [0.15, 0.2) is 5.78 Å².